The van der Waals surface area contributed by atoms with Crippen molar-refractivity contribution in [3.05, 3.63) is 142 Å². The van der Waals surface area contributed by atoms with Gasteiger partial charge in [-0.25, -0.2) is 0 Å². The van der Waals surface area contributed by atoms with Crippen molar-refractivity contribution < 1.29 is 96.2 Å². The van der Waals surface area contributed by atoms with Gasteiger partial charge in [-0.15, -0.1) is 22.7 Å². The van der Waals surface area contributed by atoms with E-state index in [-0.39, 0.29) is 100.0 Å². The van der Waals surface area contributed by atoms with Crippen molar-refractivity contribution in [1.29, 1.82) is 0 Å². The monoisotopic (exact) mass is 1030 g/mol. The van der Waals surface area contributed by atoms with Crippen molar-refractivity contribution in [2.24, 2.45) is 9.98 Å². The van der Waals surface area contributed by atoms with Crippen molar-refractivity contribution in [3.63, 3.8) is 0 Å². The van der Waals surface area contributed by atoms with E-state index in [1.54, 1.807) is 46.2 Å². The van der Waals surface area contributed by atoms with Crippen LogP contribution in [0.25, 0.3) is 20.9 Å². The van der Waals surface area contributed by atoms with Crippen LogP contribution < -0.4 is 9.80 Å². The van der Waals surface area contributed by atoms with E-state index in [1.165, 1.54) is 19.5 Å². The maximum absolute atomic E-state index is 10.9. The predicted octanol–water partition coefficient (Wildman–Crippen LogP) is 9.40. The molecule has 2 unspecified atom stereocenters. The maximum Gasteiger partial charge on any atom is 0.303 e. The molecule has 10 nitrogen and oxygen atoms in total. The van der Waals surface area contributed by atoms with E-state index < -0.39 is 11.9 Å². The number of benzene rings is 4. The van der Waals surface area contributed by atoms with Crippen LogP contribution >= 0.6 is 46.2 Å². The Balaban J connectivity index is 0.00000198. The van der Waals surface area contributed by atoms with E-state index in [1.807, 2.05) is 62.6 Å². The van der Waals surface area contributed by atoms with E-state index in [0.717, 1.165) is 55.1 Å². The smallest absolute Gasteiger partial charge is 0.303 e. The maximum atomic E-state index is 10.9. The van der Waals surface area contributed by atoms with Crippen LogP contribution in [0, 0.1) is 0 Å². The van der Waals surface area contributed by atoms with Gasteiger partial charge in [-0.1, -0.05) is 72.1 Å². The quantitative estimate of drug-likeness (QED) is 0.109. The van der Waals surface area contributed by atoms with Gasteiger partial charge < -0.3 is 31.0 Å². The summed E-state index contributed by atoms with van der Waals surface area (Å²) in [5.74, 6) is -1.56. The standard InChI is InChI=1S/C44H38N4O4S4.2H2O.2Y/c1-47(31-13-3-27(4-14-31)7-25-39(49)50)33-17-9-29(10-18-33)35-21-23-37(53-35)41-45-43-44(55-41)46-42(56-43)38-24-22-36(54-38)30-11-19-34(20-12-30)48(2)32-15-5-28(6-16-32)8-26-40(51)52;;;;/h3-6,9-24,43-44H,7-8,25-26H2,1-2H3,(H,49,50)(H,51,52);2*1H2;;. The minimum atomic E-state index is -0.781. The van der Waals surface area contributed by atoms with Crippen LogP contribution in [0.4, 0.5) is 22.7 Å². The topological polar surface area (TPSA) is 169 Å². The molecule has 4 aromatic carbocycles. The van der Waals surface area contributed by atoms with Gasteiger partial charge in [-0.3, -0.25) is 19.6 Å². The molecule has 6 aromatic rings. The number of thioether (sulfide) groups is 2. The number of fused-ring (bicyclic) bond motifs is 1. The number of carboxylic acids is 2. The van der Waals surface area contributed by atoms with Gasteiger partial charge in [-0.05, 0) is 108 Å². The summed E-state index contributed by atoms with van der Waals surface area (Å²) in [5.41, 5.74) is 8.62. The molecule has 2 aliphatic heterocycles. The van der Waals surface area contributed by atoms with E-state index in [2.05, 4.69) is 82.6 Å². The summed E-state index contributed by atoms with van der Waals surface area (Å²) in [4.78, 5) is 41.0. The van der Waals surface area contributed by atoms with Gasteiger partial charge in [0.05, 0.1) is 9.75 Å². The zero-order valence-electron chi connectivity index (χ0n) is 32.8. The molecule has 60 heavy (non-hydrogen) atoms. The van der Waals surface area contributed by atoms with Crippen LogP contribution in [0.2, 0.25) is 0 Å². The molecule has 0 bridgehead atoms. The summed E-state index contributed by atoms with van der Waals surface area (Å²) in [6, 6.07) is 42.0. The molecular formula is C44H42N4O6S4Y2. The Bertz CT molecular complexity index is 2270. The molecule has 6 N–H and O–H groups in total. The zero-order chi connectivity index (χ0) is 38.8. The van der Waals surface area contributed by atoms with E-state index in [9.17, 15) is 9.59 Å². The average molecular weight is 1030 g/mol. The third kappa shape index (κ3) is 11.7. The Labute approximate surface area is 416 Å². The SMILES string of the molecule is CN(c1ccc(CCC(=O)O)cc1)c1ccc(-c2ccc(C3=NC4SC(c5ccc(-c6ccc(N(C)c7ccc(CCC(=O)O)cc7)cc6)s5)=NC4S3)s2)cc1.O.O.[Y].[Y]. The third-order valence-corrected chi connectivity index (χ3v) is 14.8. The van der Waals surface area contributed by atoms with E-state index in [4.69, 9.17) is 20.2 Å². The number of thiophene rings is 2. The van der Waals surface area contributed by atoms with E-state index in [0.29, 0.717) is 12.8 Å². The summed E-state index contributed by atoms with van der Waals surface area (Å²) in [5, 5.41) is 20.2. The second kappa shape index (κ2) is 22.4. The zero-order valence-corrected chi connectivity index (χ0v) is 41.8. The number of hydrogen-bond acceptors (Lipinski definition) is 10. The molecular weight excluding hydrogens is 987 g/mol. The molecule has 2 atom stereocenters. The van der Waals surface area contributed by atoms with Gasteiger partial charge in [0.2, 0.25) is 0 Å². The molecule has 0 fully saturated rings. The number of carbonyl (C=O) groups is 2. The van der Waals surface area contributed by atoms with Gasteiger partial charge in [0, 0.05) is 125 Å². The molecule has 4 heterocycles. The second-order valence-electron chi connectivity index (χ2n) is 13.5. The van der Waals surface area contributed by atoms with Gasteiger partial charge in [-0.2, -0.15) is 0 Å². The molecule has 8 rings (SSSR count). The average Bonchev–Trinajstić information content (AvgIpc) is 4.04. The molecule has 304 valence electrons. The fraction of sp³-hybridized carbons (Fsp3) is 0.182. The van der Waals surface area contributed by atoms with E-state index >= 15 is 0 Å². The molecule has 2 aliphatic rings. The molecule has 0 spiro atoms. The minimum absolute atomic E-state index is 0. The number of rotatable bonds is 14. The summed E-state index contributed by atoms with van der Waals surface area (Å²) in [7, 11) is 4.08. The number of aryl methyl sites for hydroxylation is 2. The first-order valence-electron chi connectivity index (χ1n) is 18.2. The number of aliphatic carboxylic acids is 2. The first-order chi connectivity index (χ1) is 27.2. The molecule has 0 aliphatic carbocycles. The summed E-state index contributed by atoms with van der Waals surface area (Å²) in [6.45, 7) is 0. The molecule has 2 aromatic heterocycles. The van der Waals surface area contributed by atoms with Crippen molar-refractivity contribution in [2.75, 3.05) is 23.9 Å². The Morgan fingerprint density at radius 3 is 1.12 bits per heavy atom. The van der Waals surface area contributed by atoms with Gasteiger partial charge in [0.15, 0.2) is 0 Å². The van der Waals surface area contributed by atoms with Crippen molar-refractivity contribution in [1.82, 2.24) is 0 Å². The van der Waals surface area contributed by atoms with Gasteiger partial charge in [0.25, 0.3) is 0 Å². The Hall–Kier alpha value is -3.01. The number of carboxylic acid groups (broad SMARTS) is 2. The predicted molar refractivity (Wildman–Crippen MR) is 243 cm³/mol. The van der Waals surface area contributed by atoms with Crippen molar-refractivity contribution >= 4 is 91.0 Å². The summed E-state index contributed by atoms with van der Waals surface area (Å²) in [6.07, 6.45) is 1.33. The first-order valence-corrected chi connectivity index (χ1v) is 21.6. The van der Waals surface area contributed by atoms with Crippen molar-refractivity contribution in [2.45, 2.75) is 36.4 Å². The van der Waals surface area contributed by atoms with Crippen LogP contribution in [0.5, 0.6) is 0 Å². The number of anilines is 4. The van der Waals surface area contributed by atoms with Crippen LogP contribution in [0.15, 0.2) is 131 Å². The largest absolute Gasteiger partial charge is 0.481 e. The summed E-state index contributed by atoms with van der Waals surface area (Å²) >= 11 is 7.03. The van der Waals surface area contributed by atoms with Crippen LogP contribution in [0.1, 0.15) is 33.7 Å². The molecule has 0 saturated carbocycles. The van der Waals surface area contributed by atoms with Crippen LogP contribution in [0.3, 0.4) is 0 Å². The van der Waals surface area contributed by atoms with Gasteiger partial charge in [0.1, 0.15) is 20.8 Å². The number of hydrogen-bond donors (Lipinski definition) is 2. The molecule has 0 amide bonds. The Kier molecular flexibility index (Phi) is 18.5. The molecule has 16 heteroatoms. The first kappa shape index (κ1) is 49.6. The number of aliphatic imine (C=N–C) groups is 2. The normalized spacial score (nSPS) is 14.9. The summed E-state index contributed by atoms with van der Waals surface area (Å²) < 4.78 is 0. The van der Waals surface area contributed by atoms with Crippen LogP contribution in [-0.2, 0) is 87.8 Å². The van der Waals surface area contributed by atoms with Crippen LogP contribution in [-0.4, -0.2) is 68.0 Å². The fourth-order valence-electron chi connectivity index (χ4n) is 6.55. The minimum Gasteiger partial charge on any atom is -0.481 e. The van der Waals surface area contributed by atoms with Gasteiger partial charge >= 0.3 is 11.9 Å². The molecule has 2 radical (unpaired) electrons. The Morgan fingerprint density at radius 2 is 0.800 bits per heavy atom. The Morgan fingerprint density at radius 1 is 0.500 bits per heavy atom. The van der Waals surface area contributed by atoms with Crippen molar-refractivity contribution in [3.8, 4) is 20.9 Å². The third-order valence-electron chi connectivity index (χ3n) is 9.81. The fourth-order valence-corrected chi connectivity index (χ4v) is 11.2. The number of nitrogens with zero attached hydrogens (tertiary/aromatic N) is 4. The second-order valence-corrected chi connectivity index (χ2v) is 17.9. The molecule has 0 saturated heterocycles.